The maximum atomic E-state index is 14.2. The summed E-state index contributed by atoms with van der Waals surface area (Å²) < 4.78 is 40.0. The van der Waals surface area contributed by atoms with Gasteiger partial charge in [0.05, 0.1) is 24.8 Å². The molecule has 0 unspecified atom stereocenters. The Morgan fingerprint density at radius 2 is 1.60 bits per heavy atom. The molecule has 1 aliphatic rings. The van der Waals surface area contributed by atoms with E-state index in [1.54, 1.807) is 24.3 Å². The number of anilines is 1. The van der Waals surface area contributed by atoms with Crippen molar-refractivity contribution in [1.82, 2.24) is 10.2 Å². The van der Waals surface area contributed by atoms with Gasteiger partial charge >= 0.3 is 0 Å². The van der Waals surface area contributed by atoms with Gasteiger partial charge in [-0.2, -0.15) is 0 Å². The fraction of sp³-hybridized carbons (Fsp3) is 0.375. The first-order valence-corrected chi connectivity index (χ1v) is 16.1. The second-order valence-electron chi connectivity index (χ2n) is 10.4. The van der Waals surface area contributed by atoms with Crippen LogP contribution in [0.5, 0.6) is 11.5 Å². The lowest BCUT2D eigenvalue weighted by Crippen LogP contribution is -2.53. The van der Waals surface area contributed by atoms with Gasteiger partial charge in [0.1, 0.15) is 12.6 Å². The maximum Gasteiger partial charge on any atom is 0.264 e. The monoisotopic (exact) mass is 627 g/mol. The second kappa shape index (κ2) is 14.6. The highest BCUT2D eigenvalue weighted by atomic mass is 35.5. The lowest BCUT2D eigenvalue weighted by atomic mass is 10.1. The minimum atomic E-state index is -4.29. The molecule has 3 aromatic carbocycles. The van der Waals surface area contributed by atoms with Crippen LogP contribution in [-0.2, 0) is 26.2 Å². The van der Waals surface area contributed by atoms with Crippen LogP contribution in [0.3, 0.4) is 0 Å². The third-order valence-electron chi connectivity index (χ3n) is 7.62. The van der Waals surface area contributed by atoms with E-state index in [-0.39, 0.29) is 34.8 Å². The molecular formula is C32H38ClN3O6S. The summed E-state index contributed by atoms with van der Waals surface area (Å²) in [5.74, 6) is -0.161. The van der Waals surface area contributed by atoms with E-state index in [0.717, 1.165) is 35.6 Å². The smallest absolute Gasteiger partial charge is 0.264 e. The molecule has 2 amide bonds. The molecule has 230 valence electrons. The Morgan fingerprint density at radius 1 is 0.953 bits per heavy atom. The molecule has 1 aliphatic carbocycles. The van der Waals surface area contributed by atoms with Crippen molar-refractivity contribution in [2.45, 2.75) is 62.6 Å². The number of nitrogens with zero attached hydrogens (tertiary/aromatic N) is 2. The largest absolute Gasteiger partial charge is 0.493 e. The average Bonchev–Trinajstić information content (AvgIpc) is 3.53. The van der Waals surface area contributed by atoms with Crippen LogP contribution >= 0.6 is 11.6 Å². The standard InChI is InChI=1S/C32H38ClN3O6S/c1-4-28(32(38)34-25-12-8-9-13-25)35(21-23-10-6-5-7-11-23)31(37)22-36(26-16-14-24(33)15-17-26)43(39,40)27-18-19-29(41-2)30(20-27)42-3/h5-7,10-11,14-20,25,28H,4,8-9,12-13,21-22H2,1-3H3,(H,34,38)/t28-/m0/s1. The SMILES string of the molecule is CC[C@@H](C(=O)NC1CCCC1)N(Cc1ccccc1)C(=O)CN(c1ccc(Cl)cc1)S(=O)(=O)c1ccc(OC)c(OC)c1. The van der Waals surface area contributed by atoms with Crippen molar-refractivity contribution in [3.05, 3.63) is 83.4 Å². The summed E-state index contributed by atoms with van der Waals surface area (Å²) in [7, 11) is -1.42. The van der Waals surface area contributed by atoms with Gasteiger partial charge in [0.25, 0.3) is 10.0 Å². The van der Waals surface area contributed by atoms with Crippen LogP contribution < -0.4 is 19.1 Å². The molecule has 1 N–H and O–H groups in total. The number of ether oxygens (including phenoxy) is 2. The average molecular weight is 628 g/mol. The van der Waals surface area contributed by atoms with Gasteiger partial charge in [-0.15, -0.1) is 0 Å². The number of sulfonamides is 1. The summed E-state index contributed by atoms with van der Waals surface area (Å²) in [5.41, 5.74) is 1.07. The molecule has 9 nitrogen and oxygen atoms in total. The highest BCUT2D eigenvalue weighted by molar-refractivity contribution is 7.92. The Kier molecular flexibility index (Phi) is 10.9. The molecule has 4 rings (SSSR count). The number of rotatable bonds is 13. The highest BCUT2D eigenvalue weighted by Gasteiger charge is 2.35. The Morgan fingerprint density at radius 3 is 2.21 bits per heavy atom. The molecule has 0 heterocycles. The van der Waals surface area contributed by atoms with Gasteiger partial charge in [0.2, 0.25) is 11.8 Å². The van der Waals surface area contributed by atoms with Crippen molar-refractivity contribution in [3.63, 3.8) is 0 Å². The summed E-state index contributed by atoms with van der Waals surface area (Å²) in [6.45, 7) is 1.45. The summed E-state index contributed by atoms with van der Waals surface area (Å²) in [6.07, 6.45) is 4.28. The second-order valence-corrected chi connectivity index (χ2v) is 12.7. The fourth-order valence-electron chi connectivity index (χ4n) is 5.31. The molecule has 3 aromatic rings. The van der Waals surface area contributed by atoms with E-state index in [2.05, 4.69) is 5.32 Å². The topological polar surface area (TPSA) is 105 Å². The van der Waals surface area contributed by atoms with E-state index >= 15 is 0 Å². The quantitative estimate of drug-likeness (QED) is 0.271. The fourth-order valence-corrected chi connectivity index (χ4v) is 6.86. The number of methoxy groups -OCH3 is 2. The Hall–Kier alpha value is -3.76. The van der Waals surface area contributed by atoms with Crippen molar-refractivity contribution in [3.8, 4) is 11.5 Å². The van der Waals surface area contributed by atoms with Crippen molar-refractivity contribution in [1.29, 1.82) is 0 Å². The molecule has 0 saturated heterocycles. The molecule has 0 aliphatic heterocycles. The third-order valence-corrected chi connectivity index (χ3v) is 9.64. The number of hydrogen-bond acceptors (Lipinski definition) is 6. The summed E-state index contributed by atoms with van der Waals surface area (Å²) in [4.78, 5) is 29.1. The molecule has 1 atom stereocenters. The lowest BCUT2D eigenvalue weighted by molar-refractivity contribution is -0.140. The molecule has 0 bridgehead atoms. The van der Waals surface area contributed by atoms with Gasteiger partial charge in [-0.3, -0.25) is 13.9 Å². The van der Waals surface area contributed by atoms with E-state index in [9.17, 15) is 18.0 Å². The zero-order valence-corrected chi connectivity index (χ0v) is 26.2. The number of amides is 2. The predicted molar refractivity (Wildman–Crippen MR) is 167 cm³/mol. The van der Waals surface area contributed by atoms with Crippen LogP contribution in [0.25, 0.3) is 0 Å². The van der Waals surface area contributed by atoms with E-state index in [4.69, 9.17) is 21.1 Å². The van der Waals surface area contributed by atoms with Gasteiger partial charge in [-0.25, -0.2) is 8.42 Å². The van der Waals surface area contributed by atoms with Crippen LogP contribution in [0.1, 0.15) is 44.6 Å². The minimum absolute atomic E-state index is 0.0752. The van der Waals surface area contributed by atoms with Crippen molar-refractivity contribution in [2.24, 2.45) is 0 Å². The number of halogens is 1. The first kappa shape index (κ1) is 32.2. The van der Waals surface area contributed by atoms with Crippen LogP contribution in [0.2, 0.25) is 5.02 Å². The van der Waals surface area contributed by atoms with E-state index in [1.807, 2.05) is 37.3 Å². The molecule has 1 fully saturated rings. The van der Waals surface area contributed by atoms with Crippen LogP contribution in [0.15, 0.2) is 77.7 Å². The number of hydrogen-bond donors (Lipinski definition) is 1. The van der Waals surface area contributed by atoms with Crippen LogP contribution in [0.4, 0.5) is 5.69 Å². The summed E-state index contributed by atoms with van der Waals surface area (Å²) in [5, 5.41) is 3.53. The zero-order chi connectivity index (χ0) is 31.0. The number of benzene rings is 3. The maximum absolute atomic E-state index is 14.2. The first-order chi connectivity index (χ1) is 20.7. The Labute approximate surface area is 258 Å². The van der Waals surface area contributed by atoms with Gasteiger partial charge in [0.15, 0.2) is 11.5 Å². The number of nitrogens with one attached hydrogen (secondary N) is 1. The van der Waals surface area contributed by atoms with Crippen LogP contribution in [-0.4, -0.2) is 58.0 Å². The number of carbonyl (C=O) groups excluding carboxylic acids is 2. The van der Waals surface area contributed by atoms with Crippen molar-refractivity contribution in [2.75, 3.05) is 25.1 Å². The van der Waals surface area contributed by atoms with Gasteiger partial charge in [-0.1, -0.05) is 61.7 Å². The van der Waals surface area contributed by atoms with E-state index in [1.165, 1.54) is 37.3 Å². The molecular weight excluding hydrogens is 590 g/mol. The molecule has 0 spiro atoms. The number of carbonyl (C=O) groups is 2. The molecule has 0 aromatic heterocycles. The van der Waals surface area contributed by atoms with E-state index < -0.39 is 28.5 Å². The van der Waals surface area contributed by atoms with Gasteiger partial charge in [-0.05, 0) is 61.2 Å². The van der Waals surface area contributed by atoms with Crippen molar-refractivity contribution < 1.29 is 27.5 Å². The van der Waals surface area contributed by atoms with Crippen molar-refractivity contribution >= 4 is 39.1 Å². The first-order valence-electron chi connectivity index (χ1n) is 14.3. The minimum Gasteiger partial charge on any atom is -0.493 e. The zero-order valence-electron chi connectivity index (χ0n) is 24.7. The van der Waals surface area contributed by atoms with Crippen LogP contribution in [0, 0.1) is 0 Å². The molecule has 1 saturated carbocycles. The normalized spacial score (nSPS) is 14.1. The molecule has 43 heavy (non-hydrogen) atoms. The summed E-state index contributed by atoms with van der Waals surface area (Å²) in [6, 6.07) is 19.1. The Bertz CT molecular complexity index is 1500. The molecule has 0 radical (unpaired) electrons. The molecule has 11 heteroatoms. The van der Waals surface area contributed by atoms with Gasteiger partial charge in [0, 0.05) is 23.7 Å². The predicted octanol–water partition coefficient (Wildman–Crippen LogP) is 5.42. The lowest BCUT2D eigenvalue weighted by Gasteiger charge is -2.33. The van der Waals surface area contributed by atoms with Gasteiger partial charge < -0.3 is 19.7 Å². The third kappa shape index (κ3) is 7.80. The highest BCUT2D eigenvalue weighted by Crippen LogP contribution is 2.33. The van der Waals surface area contributed by atoms with E-state index in [0.29, 0.717) is 17.2 Å². The Balaban J connectivity index is 1.72. The summed E-state index contributed by atoms with van der Waals surface area (Å²) >= 11 is 6.11.